The van der Waals surface area contributed by atoms with E-state index < -0.39 is 27.7 Å². The van der Waals surface area contributed by atoms with Crippen LogP contribution in [0.25, 0.3) is 22.5 Å². The molecule has 0 bridgehead atoms. The number of benzene rings is 1. The number of hydrogen-bond acceptors (Lipinski definition) is 8. The second-order valence-corrected chi connectivity index (χ2v) is 12.7. The zero-order valence-corrected chi connectivity index (χ0v) is 25.1. The fourth-order valence-electron chi connectivity index (χ4n) is 4.55. The van der Waals surface area contributed by atoms with Gasteiger partial charge in [0.15, 0.2) is 0 Å². The van der Waals surface area contributed by atoms with Crippen molar-refractivity contribution in [3.05, 3.63) is 47.0 Å². The average Bonchev–Trinajstić information content (AvgIpc) is 3.40. The number of methoxy groups -OCH3 is 1. The summed E-state index contributed by atoms with van der Waals surface area (Å²) in [4.78, 5) is 20.3. The van der Waals surface area contributed by atoms with Gasteiger partial charge in [0.25, 0.3) is 0 Å². The second-order valence-electron chi connectivity index (χ2n) is 10.3. The number of hydrogen-bond donors (Lipinski definition) is 2. The summed E-state index contributed by atoms with van der Waals surface area (Å²) in [5, 5.41) is 10.6. The Kier molecular flexibility index (Phi) is 9.82. The summed E-state index contributed by atoms with van der Waals surface area (Å²) < 4.78 is 50.0. The van der Waals surface area contributed by atoms with E-state index in [0.29, 0.717) is 36.8 Å². The molecule has 3 aromatic rings. The first kappa shape index (κ1) is 30.7. The van der Waals surface area contributed by atoms with Crippen LogP contribution in [0.15, 0.2) is 30.6 Å². The van der Waals surface area contributed by atoms with Crippen molar-refractivity contribution < 1.29 is 22.3 Å². The van der Waals surface area contributed by atoms with Gasteiger partial charge >= 0.3 is 6.09 Å². The molecule has 1 aliphatic heterocycles. The molecular weight excluding hydrogens is 573 g/mol. The number of rotatable bonds is 10. The molecule has 4 rings (SSSR count). The van der Waals surface area contributed by atoms with Gasteiger partial charge in [0.05, 0.1) is 18.6 Å². The lowest BCUT2D eigenvalue weighted by molar-refractivity contribution is 0.168. The van der Waals surface area contributed by atoms with Gasteiger partial charge in [-0.3, -0.25) is 4.68 Å². The number of nitrogens with zero attached hydrogens (tertiary/aromatic N) is 5. The number of carbonyl (C=O) groups is 1. The van der Waals surface area contributed by atoms with Gasteiger partial charge in [-0.05, 0) is 51.8 Å². The maximum atomic E-state index is 16.1. The molecule has 0 unspecified atom stereocenters. The van der Waals surface area contributed by atoms with E-state index in [9.17, 15) is 13.2 Å². The molecule has 222 valence electrons. The fraction of sp³-hybridized carbons (Fsp3) is 0.481. The van der Waals surface area contributed by atoms with Crippen LogP contribution in [-0.2, 0) is 20.5 Å². The largest absolute Gasteiger partial charge is 0.453 e. The lowest BCUT2D eigenvalue weighted by Gasteiger charge is -2.26. The first-order valence-electron chi connectivity index (χ1n) is 13.5. The molecule has 2 N–H and O–H groups in total. The van der Waals surface area contributed by atoms with Crippen LogP contribution in [0.3, 0.4) is 0 Å². The van der Waals surface area contributed by atoms with Crippen LogP contribution in [0, 0.1) is 5.82 Å². The number of carbonyl (C=O) groups excluding carboxylic acids is 1. The van der Waals surface area contributed by atoms with Gasteiger partial charge in [-0.15, -0.1) is 0 Å². The summed E-state index contributed by atoms with van der Waals surface area (Å²) in [7, 11) is -2.44. The molecule has 0 spiro atoms. The minimum absolute atomic E-state index is 0.0137. The number of ether oxygens (including phenoxy) is 1. The van der Waals surface area contributed by atoms with Gasteiger partial charge in [0.2, 0.25) is 16.0 Å². The number of alkyl carbamates (subject to hydrolysis) is 1. The van der Waals surface area contributed by atoms with Crippen molar-refractivity contribution in [2.75, 3.05) is 32.1 Å². The zero-order chi connectivity index (χ0) is 29.7. The molecular formula is C27H35ClFN7O4S. The Bertz CT molecular complexity index is 1490. The first-order valence-corrected chi connectivity index (χ1v) is 15.4. The van der Waals surface area contributed by atoms with Crippen molar-refractivity contribution in [3.63, 3.8) is 0 Å². The highest BCUT2D eigenvalue weighted by molar-refractivity contribution is 7.88. The van der Waals surface area contributed by atoms with Crippen molar-refractivity contribution in [1.82, 2.24) is 29.4 Å². The molecule has 1 aromatic carbocycles. The molecule has 0 radical (unpaired) electrons. The third-order valence-corrected chi connectivity index (χ3v) is 8.77. The molecule has 2 aromatic heterocycles. The normalized spacial score (nSPS) is 15.1. The van der Waals surface area contributed by atoms with Gasteiger partial charge in [-0.1, -0.05) is 18.0 Å². The van der Waals surface area contributed by atoms with Gasteiger partial charge in [-0.25, -0.2) is 31.9 Å². The predicted molar refractivity (Wildman–Crippen MR) is 156 cm³/mol. The Hall–Kier alpha value is -3.29. The Labute approximate surface area is 244 Å². The van der Waals surface area contributed by atoms with Crippen molar-refractivity contribution >= 4 is 33.7 Å². The van der Waals surface area contributed by atoms with Crippen LogP contribution in [0.5, 0.6) is 0 Å². The van der Waals surface area contributed by atoms with Crippen molar-refractivity contribution in [2.45, 2.75) is 57.9 Å². The molecule has 41 heavy (non-hydrogen) atoms. The van der Waals surface area contributed by atoms with Crippen LogP contribution >= 0.6 is 11.6 Å². The summed E-state index contributed by atoms with van der Waals surface area (Å²) >= 11 is 6.41. The quantitative estimate of drug-likeness (QED) is 0.334. The Balaban J connectivity index is 1.69. The van der Waals surface area contributed by atoms with E-state index in [1.165, 1.54) is 23.5 Å². The molecule has 1 atom stereocenters. The van der Waals surface area contributed by atoms with Crippen molar-refractivity contribution in [3.8, 4) is 22.5 Å². The molecule has 0 aliphatic carbocycles. The van der Waals surface area contributed by atoms with Crippen LogP contribution in [0.2, 0.25) is 5.02 Å². The number of piperidine rings is 1. The number of nitrogens with one attached hydrogen (secondary N) is 2. The van der Waals surface area contributed by atoms with E-state index in [1.807, 2.05) is 13.8 Å². The van der Waals surface area contributed by atoms with E-state index >= 15 is 4.39 Å². The third-order valence-electron chi connectivity index (χ3n) is 6.72. The number of amides is 1. The van der Waals surface area contributed by atoms with Gasteiger partial charge in [0, 0.05) is 65.8 Å². The number of sulfonamides is 1. The topological polar surface area (TPSA) is 131 Å². The molecule has 1 aliphatic rings. The Morgan fingerprint density at radius 1 is 1.17 bits per heavy atom. The first-order chi connectivity index (χ1) is 19.5. The highest BCUT2D eigenvalue weighted by atomic mass is 35.5. The molecule has 11 nitrogen and oxygen atoms in total. The summed E-state index contributed by atoms with van der Waals surface area (Å²) in [5.74, 6) is -0.893. The van der Waals surface area contributed by atoms with Gasteiger partial charge in [-0.2, -0.15) is 5.10 Å². The monoisotopic (exact) mass is 607 g/mol. The lowest BCUT2D eigenvalue weighted by Crippen LogP contribution is -2.37. The second kappa shape index (κ2) is 13.1. The Morgan fingerprint density at radius 2 is 1.90 bits per heavy atom. The highest BCUT2D eigenvalue weighted by Gasteiger charge is 2.28. The smallest absolute Gasteiger partial charge is 0.407 e. The summed E-state index contributed by atoms with van der Waals surface area (Å²) in [6, 6.07) is 4.17. The van der Waals surface area contributed by atoms with E-state index in [4.69, 9.17) is 11.6 Å². The number of anilines is 1. The third kappa shape index (κ3) is 7.52. The van der Waals surface area contributed by atoms with Crippen molar-refractivity contribution in [2.24, 2.45) is 0 Å². The van der Waals surface area contributed by atoms with Crippen molar-refractivity contribution in [1.29, 1.82) is 0 Å². The standard InChI is InChI=1S/C27H35ClFN7O4S/c1-17(2)36-15-22(23-8-9-30-26(33-23)31-14-18(3)32-27(37)40-4)25(34-36)21-13-20(28)12-19(24(21)29)16-41(38,39)35-10-6-5-7-11-35/h8-9,12-13,15,17-18H,5-7,10-11,14,16H2,1-4H3,(H,32,37)(H,30,31,33)/t18-/m0/s1. The molecule has 1 amide bonds. The summed E-state index contributed by atoms with van der Waals surface area (Å²) in [5.41, 5.74) is 1.34. The minimum Gasteiger partial charge on any atom is -0.453 e. The summed E-state index contributed by atoms with van der Waals surface area (Å²) in [6.45, 7) is 6.87. The molecule has 1 saturated heterocycles. The van der Waals surface area contributed by atoms with Crippen LogP contribution < -0.4 is 10.6 Å². The van der Waals surface area contributed by atoms with E-state index in [2.05, 4.69) is 30.4 Å². The Morgan fingerprint density at radius 3 is 2.59 bits per heavy atom. The summed E-state index contributed by atoms with van der Waals surface area (Å²) in [6.07, 6.45) is 5.32. The molecule has 1 fully saturated rings. The molecule has 3 heterocycles. The average molecular weight is 608 g/mol. The fourth-order valence-corrected chi connectivity index (χ4v) is 6.39. The molecule has 0 saturated carbocycles. The van der Waals surface area contributed by atoms with Gasteiger partial charge in [0.1, 0.15) is 11.5 Å². The van der Waals surface area contributed by atoms with E-state index in [1.54, 1.807) is 30.1 Å². The SMILES string of the molecule is COC(=O)N[C@@H](C)CNc1nccc(-c2cn(C(C)C)nc2-c2cc(Cl)cc(CS(=O)(=O)N3CCCCC3)c2F)n1. The minimum atomic E-state index is -3.73. The predicted octanol–water partition coefficient (Wildman–Crippen LogP) is 4.85. The maximum absolute atomic E-state index is 16.1. The molecule has 14 heteroatoms. The van der Waals surface area contributed by atoms with Gasteiger partial charge < -0.3 is 15.4 Å². The maximum Gasteiger partial charge on any atom is 0.407 e. The lowest BCUT2D eigenvalue weighted by atomic mass is 10.0. The number of aromatic nitrogens is 4. The number of halogens is 2. The van der Waals surface area contributed by atoms with Crippen LogP contribution in [-0.4, -0.2) is 71.4 Å². The van der Waals surface area contributed by atoms with E-state index in [0.717, 1.165) is 19.3 Å². The van der Waals surface area contributed by atoms with Crippen LogP contribution in [0.4, 0.5) is 15.1 Å². The zero-order valence-electron chi connectivity index (χ0n) is 23.5. The van der Waals surface area contributed by atoms with Crippen LogP contribution in [0.1, 0.15) is 51.6 Å². The highest BCUT2D eigenvalue weighted by Crippen LogP contribution is 2.36. The van der Waals surface area contributed by atoms with E-state index in [-0.39, 0.29) is 33.9 Å².